The van der Waals surface area contributed by atoms with E-state index >= 15 is 0 Å². The van der Waals surface area contributed by atoms with E-state index in [1.807, 2.05) is 26.8 Å². The van der Waals surface area contributed by atoms with Gasteiger partial charge in [-0.05, 0) is 25.7 Å². The molecule has 3 N–H and O–H groups in total. The lowest BCUT2D eigenvalue weighted by molar-refractivity contribution is -0.334. The van der Waals surface area contributed by atoms with Crippen molar-refractivity contribution < 1.29 is 28.9 Å². The Hall–Kier alpha value is -1.48. The third-order valence-corrected chi connectivity index (χ3v) is 4.47. The van der Waals surface area contributed by atoms with Gasteiger partial charge in [0.2, 0.25) is 5.91 Å². The molecule has 0 aromatic rings. The topological polar surface area (TPSA) is 106 Å². The lowest BCUT2D eigenvalue weighted by Gasteiger charge is -2.45. The van der Waals surface area contributed by atoms with Crippen molar-refractivity contribution in [3.63, 3.8) is 0 Å². The SMILES string of the molecule is CO[C@@H](C(=O)NC1CCNC1=O)[C@@H]1OC(C)(C)O[C@H](/C=C/C(C)(C)C)[C@@H]1O. The van der Waals surface area contributed by atoms with E-state index in [0.29, 0.717) is 13.0 Å². The highest BCUT2D eigenvalue weighted by molar-refractivity contribution is 5.90. The van der Waals surface area contributed by atoms with Gasteiger partial charge in [-0.1, -0.05) is 32.9 Å². The number of aliphatic hydroxyl groups is 1. The lowest BCUT2D eigenvalue weighted by Crippen LogP contribution is -2.61. The van der Waals surface area contributed by atoms with Crippen molar-refractivity contribution >= 4 is 11.8 Å². The second-order valence-corrected chi connectivity index (χ2v) is 8.58. The molecule has 2 heterocycles. The Kier molecular flexibility index (Phi) is 6.68. The van der Waals surface area contributed by atoms with Gasteiger partial charge in [0.1, 0.15) is 24.4 Å². The summed E-state index contributed by atoms with van der Waals surface area (Å²) in [5, 5.41) is 16.1. The van der Waals surface area contributed by atoms with Crippen molar-refractivity contribution in [2.75, 3.05) is 13.7 Å². The monoisotopic (exact) mass is 384 g/mol. The maximum atomic E-state index is 12.7. The second-order valence-electron chi connectivity index (χ2n) is 8.58. The quantitative estimate of drug-likeness (QED) is 0.596. The van der Waals surface area contributed by atoms with E-state index in [4.69, 9.17) is 14.2 Å². The predicted molar refractivity (Wildman–Crippen MR) is 98.8 cm³/mol. The third-order valence-electron chi connectivity index (χ3n) is 4.47. The number of hydrogen-bond donors (Lipinski definition) is 3. The number of methoxy groups -OCH3 is 1. The second kappa shape index (κ2) is 8.26. The lowest BCUT2D eigenvalue weighted by atomic mass is 9.93. The number of amides is 2. The van der Waals surface area contributed by atoms with Crippen LogP contribution in [0.2, 0.25) is 0 Å². The molecule has 0 radical (unpaired) electrons. The first-order chi connectivity index (χ1) is 12.4. The number of carbonyl (C=O) groups excluding carboxylic acids is 2. The molecular weight excluding hydrogens is 352 g/mol. The van der Waals surface area contributed by atoms with Gasteiger partial charge >= 0.3 is 0 Å². The van der Waals surface area contributed by atoms with Crippen molar-refractivity contribution in [3.05, 3.63) is 12.2 Å². The minimum Gasteiger partial charge on any atom is -0.387 e. The molecule has 2 aliphatic heterocycles. The molecule has 5 atom stereocenters. The molecule has 0 aromatic carbocycles. The molecule has 0 aliphatic carbocycles. The average Bonchev–Trinajstić information content (AvgIpc) is 2.93. The van der Waals surface area contributed by atoms with Crippen molar-refractivity contribution in [1.82, 2.24) is 10.6 Å². The van der Waals surface area contributed by atoms with Gasteiger partial charge in [-0.25, -0.2) is 0 Å². The van der Waals surface area contributed by atoms with E-state index in [2.05, 4.69) is 10.6 Å². The summed E-state index contributed by atoms with van der Waals surface area (Å²) in [7, 11) is 1.37. The number of ether oxygens (including phenoxy) is 3. The first-order valence-corrected chi connectivity index (χ1v) is 9.27. The Morgan fingerprint density at radius 3 is 2.59 bits per heavy atom. The van der Waals surface area contributed by atoms with Crippen LogP contribution in [-0.4, -0.2) is 66.8 Å². The van der Waals surface area contributed by atoms with Crippen LogP contribution in [-0.2, 0) is 23.8 Å². The molecule has 0 bridgehead atoms. The molecule has 2 aliphatic rings. The Balaban J connectivity index is 2.17. The minimum absolute atomic E-state index is 0.0884. The number of rotatable bonds is 5. The van der Waals surface area contributed by atoms with Gasteiger partial charge in [-0.2, -0.15) is 0 Å². The summed E-state index contributed by atoms with van der Waals surface area (Å²) in [5.74, 6) is -1.74. The fourth-order valence-electron chi connectivity index (χ4n) is 3.16. The van der Waals surface area contributed by atoms with Gasteiger partial charge < -0.3 is 30.0 Å². The summed E-state index contributed by atoms with van der Waals surface area (Å²) < 4.78 is 17.0. The van der Waals surface area contributed by atoms with Crippen LogP contribution >= 0.6 is 0 Å². The molecule has 27 heavy (non-hydrogen) atoms. The van der Waals surface area contributed by atoms with Crippen molar-refractivity contribution in [1.29, 1.82) is 0 Å². The van der Waals surface area contributed by atoms with E-state index in [1.165, 1.54) is 7.11 Å². The van der Waals surface area contributed by atoms with Gasteiger partial charge in [-0.3, -0.25) is 9.59 Å². The molecule has 154 valence electrons. The van der Waals surface area contributed by atoms with E-state index < -0.39 is 42.2 Å². The molecule has 2 fully saturated rings. The number of hydrogen-bond acceptors (Lipinski definition) is 6. The zero-order chi connectivity index (χ0) is 20.4. The van der Waals surface area contributed by atoms with Crippen LogP contribution in [0, 0.1) is 5.41 Å². The molecule has 1 unspecified atom stereocenters. The van der Waals surface area contributed by atoms with Crippen LogP contribution in [0.4, 0.5) is 0 Å². The minimum atomic E-state index is -1.11. The molecule has 8 heteroatoms. The number of carbonyl (C=O) groups is 2. The van der Waals surface area contributed by atoms with Crippen LogP contribution in [0.1, 0.15) is 41.0 Å². The maximum Gasteiger partial charge on any atom is 0.252 e. The Bertz CT molecular complexity index is 583. The summed E-state index contributed by atoms with van der Waals surface area (Å²) in [6, 6.07) is -0.600. The summed E-state index contributed by atoms with van der Waals surface area (Å²) in [6.45, 7) is 10.1. The van der Waals surface area contributed by atoms with Crippen LogP contribution in [0.25, 0.3) is 0 Å². The summed E-state index contributed by atoms with van der Waals surface area (Å²) in [4.78, 5) is 24.4. The Morgan fingerprint density at radius 1 is 1.41 bits per heavy atom. The molecule has 0 spiro atoms. The largest absolute Gasteiger partial charge is 0.387 e. The zero-order valence-corrected chi connectivity index (χ0v) is 16.9. The van der Waals surface area contributed by atoms with Crippen LogP contribution in [0.15, 0.2) is 12.2 Å². The predicted octanol–water partition coefficient (Wildman–Crippen LogP) is 0.489. The number of aliphatic hydroxyl groups excluding tert-OH is 1. The highest BCUT2D eigenvalue weighted by Gasteiger charge is 2.48. The van der Waals surface area contributed by atoms with E-state index in [-0.39, 0.29) is 11.3 Å². The molecular formula is C19H32N2O6. The molecule has 2 rings (SSSR count). The van der Waals surface area contributed by atoms with Crippen LogP contribution in [0.5, 0.6) is 0 Å². The molecule has 8 nitrogen and oxygen atoms in total. The summed E-state index contributed by atoms with van der Waals surface area (Å²) in [5.41, 5.74) is -0.0884. The van der Waals surface area contributed by atoms with Crippen LogP contribution < -0.4 is 10.6 Å². The van der Waals surface area contributed by atoms with Gasteiger partial charge in [-0.15, -0.1) is 0 Å². The first-order valence-electron chi connectivity index (χ1n) is 9.27. The third kappa shape index (κ3) is 5.75. The van der Waals surface area contributed by atoms with Crippen molar-refractivity contribution in [3.8, 4) is 0 Å². The summed E-state index contributed by atoms with van der Waals surface area (Å²) >= 11 is 0. The van der Waals surface area contributed by atoms with Gasteiger partial charge in [0.25, 0.3) is 5.91 Å². The number of nitrogens with one attached hydrogen (secondary N) is 2. The van der Waals surface area contributed by atoms with E-state index in [9.17, 15) is 14.7 Å². The fourth-order valence-corrected chi connectivity index (χ4v) is 3.16. The van der Waals surface area contributed by atoms with E-state index in [0.717, 1.165) is 0 Å². The molecule has 2 saturated heterocycles. The number of allylic oxidation sites excluding steroid dienone is 1. The molecule has 0 saturated carbocycles. The first kappa shape index (κ1) is 21.8. The fraction of sp³-hybridized carbons (Fsp3) is 0.789. The maximum absolute atomic E-state index is 12.7. The van der Waals surface area contributed by atoms with Crippen LogP contribution in [0.3, 0.4) is 0 Å². The highest BCUT2D eigenvalue weighted by Crippen LogP contribution is 2.31. The highest BCUT2D eigenvalue weighted by atomic mass is 16.7. The standard InChI is InChI=1S/C19H32N2O6/c1-18(2,3)9-7-12-13(22)14(27-19(4,5)26-12)15(25-6)17(24)21-11-8-10-20-16(11)23/h7,9,11-15,22H,8,10H2,1-6H3,(H,20,23)(H,21,24)/b9-7+/t11?,12-,13+,14-,15-/m1/s1. The molecule has 2 amide bonds. The Morgan fingerprint density at radius 2 is 2.07 bits per heavy atom. The molecule has 0 aromatic heterocycles. The van der Waals surface area contributed by atoms with Crippen molar-refractivity contribution in [2.45, 2.75) is 77.3 Å². The van der Waals surface area contributed by atoms with Gasteiger partial charge in [0, 0.05) is 13.7 Å². The smallest absolute Gasteiger partial charge is 0.252 e. The van der Waals surface area contributed by atoms with Crippen molar-refractivity contribution in [2.24, 2.45) is 5.41 Å². The summed E-state index contributed by atoms with van der Waals surface area (Å²) in [6.07, 6.45) is 0.463. The average molecular weight is 384 g/mol. The van der Waals surface area contributed by atoms with E-state index in [1.54, 1.807) is 19.9 Å². The zero-order valence-electron chi connectivity index (χ0n) is 16.9. The Labute approximate surface area is 160 Å². The van der Waals surface area contributed by atoms with Gasteiger partial charge in [0.05, 0.1) is 0 Å². The van der Waals surface area contributed by atoms with Gasteiger partial charge in [0.15, 0.2) is 11.9 Å². The normalized spacial score (nSPS) is 32.3.